The minimum absolute atomic E-state index is 0.0862. The number of carbonyl (C=O) groups is 2. The third-order valence-electron chi connectivity index (χ3n) is 3.68. The van der Waals surface area contributed by atoms with Gasteiger partial charge in [0.25, 0.3) is 5.91 Å². The number of amides is 2. The summed E-state index contributed by atoms with van der Waals surface area (Å²) in [5.41, 5.74) is 1.87. The van der Waals surface area contributed by atoms with E-state index in [4.69, 9.17) is 5.26 Å². The lowest BCUT2D eigenvalue weighted by Crippen LogP contribution is -2.30. The first kappa shape index (κ1) is 18.4. The van der Waals surface area contributed by atoms with E-state index in [2.05, 4.69) is 5.32 Å². The first-order valence-electron chi connectivity index (χ1n) is 7.51. The van der Waals surface area contributed by atoms with Crippen molar-refractivity contribution in [2.75, 3.05) is 14.1 Å². The molecular formula is C17H18N4O3S. The van der Waals surface area contributed by atoms with E-state index in [1.54, 1.807) is 45.3 Å². The Morgan fingerprint density at radius 2 is 1.92 bits per heavy atom. The number of aromatic nitrogens is 1. The Bertz CT molecular complexity index is 888. The Labute approximate surface area is 149 Å². The average Bonchev–Trinajstić information content (AvgIpc) is 2.88. The van der Waals surface area contributed by atoms with E-state index >= 15 is 0 Å². The maximum atomic E-state index is 12.3. The van der Waals surface area contributed by atoms with E-state index in [0.29, 0.717) is 16.1 Å². The number of rotatable bonds is 5. The highest BCUT2D eigenvalue weighted by Crippen LogP contribution is 2.12. The van der Waals surface area contributed by atoms with Gasteiger partial charge in [-0.1, -0.05) is 23.5 Å². The summed E-state index contributed by atoms with van der Waals surface area (Å²) in [7, 11) is 3.22. The summed E-state index contributed by atoms with van der Waals surface area (Å²) in [4.78, 5) is 37.6. The third kappa shape index (κ3) is 4.33. The van der Waals surface area contributed by atoms with Crippen LogP contribution in [0, 0.1) is 18.3 Å². The molecule has 0 fully saturated rings. The predicted octanol–water partition coefficient (Wildman–Crippen LogP) is 1.11. The number of likely N-dealkylation sites (N-methyl/N-ethyl adjacent to an activating group) is 1. The van der Waals surface area contributed by atoms with Crippen LogP contribution in [0.3, 0.4) is 0 Å². The van der Waals surface area contributed by atoms with Crippen molar-refractivity contribution >= 4 is 23.2 Å². The smallest absolute Gasteiger partial charge is 0.308 e. The molecule has 1 aromatic heterocycles. The number of hydrogen-bond donors (Lipinski definition) is 1. The number of benzene rings is 1. The van der Waals surface area contributed by atoms with Crippen molar-refractivity contribution in [1.29, 1.82) is 5.26 Å². The van der Waals surface area contributed by atoms with E-state index in [1.807, 2.05) is 6.07 Å². The number of thiazole rings is 1. The van der Waals surface area contributed by atoms with Gasteiger partial charge in [0.05, 0.1) is 11.6 Å². The van der Waals surface area contributed by atoms with Crippen LogP contribution in [0.15, 0.2) is 29.1 Å². The number of nitrogens with zero attached hydrogens (tertiary/aromatic N) is 3. The van der Waals surface area contributed by atoms with Gasteiger partial charge in [0.15, 0.2) is 0 Å². The molecule has 0 aliphatic rings. The fraction of sp³-hybridized carbons (Fsp3) is 0.294. The van der Waals surface area contributed by atoms with E-state index in [-0.39, 0.29) is 29.8 Å². The van der Waals surface area contributed by atoms with Gasteiger partial charge in [-0.2, -0.15) is 5.26 Å². The summed E-state index contributed by atoms with van der Waals surface area (Å²) in [6, 6.07) is 8.90. The first-order chi connectivity index (χ1) is 11.8. The van der Waals surface area contributed by atoms with Crippen molar-refractivity contribution in [2.24, 2.45) is 0 Å². The fourth-order valence-corrected chi connectivity index (χ4v) is 3.02. The molecule has 0 radical (unpaired) electrons. The minimum Gasteiger partial charge on any atom is -0.347 e. The van der Waals surface area contributed by atoms with Crippen molar-refractivity contribution in [3.8, 4) is 6.07 Å². The summed E-state index contributed by atoms with van der Waals surface area (Å²) in [5, 5.41) is 11.5. The second-order valence-electron chi connectivity index (χ2n) is 5.65. The highest BCUT2D eigenvalue weighted by Gasteiger charge is 2.19. The zero-order valence-electron chi connectivity index (χ0n) is 14.2. The van der Waals surface area contributed by atoms with Crippen molar-refractivity contribution < 1.29 is 9.59 Å². The van der Waals surface area contributed by atoms with Crippen LogP contribution in [0.4, 0.5) is 0 Å². The predicted molar refractivity (Wildman–Crippen MR) is 94.3 cm³/mol. The Morgan fingerprint density at radius 3 is 2.48 bits per heavy atom. The van der Waals surface area contributed by atoms with E-state index in [9.17, 15) is 14.4 Å². The van der Waals surface area contributed by atoms with E-state index in [1.165, 1.54) is 9.47 Å². The molecule has 1 heterocycles. The summed E-state index contributed by atoms with van der Waals surface area (Å²) in [6.45, 7) is 1.85. The topological polar surface area (TPSA) is 95.2 Å². The van der Waals surface area contributed by atoms with Gasteiger partial charge in [-0.25, -0.2) is 0 Å². The molecular weight excluding hydrogens is 340 g/mol. The SMILES string of the molecule is Cc1c(C(=O)NCc2ccc(C#N)cc2)sc(=O)n1CC(=O)N(C)C. The maximum Gasteiger partial charge on any atom is 0.308 e. The number of nitriles is 1. The molecule has 7 nitrogen and oxygen atoms in total. The fourth-order valence-electron chi connectivity index (χ4n) is 2.11. The molecule has 2 rings (SSSR count). The van der Waals surface area contributed by atoms with Gasteiger partial charge < -0.3 is 10.2 Å². The molecule has 25 heavy (non-hydrogen) atoms. The highest BCUT2D eigenvalue weighted by atomic mass is 32.1. The lowest BCUT2D eigenvalue weighted by atomic mass is 10.1. The summed E-state index contributed by atoms with van der Waals surface area (Å²) >= 11 is 0.826. The summed E-state index contributed by atoms with van der Waals surface area (Å²) in [6.07, 6.45) is 0. The van der Waals surface area contributed by atoms with Crippen LogP contribution in [-0.4, -0.2) is 35.4 Å². The van der Waals surface area contributed by atoms with Crippen molar-refractivity contribution in [3.05, 3.63) is 55.6 Å². The highest BCUT2D eigenvalue weighted by molar-refractivity contribution is 7.11. The van der Waals surface area contributed by atoms with Crippen molar-refractivity contribution in [3.63, 3.8) is 0 Å². The van der Waals surface area contributed by atoms with Crippen molar-refractivity contribution in [1.82, 2.24) is 14.8 Å². The lowest BCUT2D eigenvalue weighted by molar-refractivity contribution is -0.129. The Hall–Kier alpha value is -2.92. The quantitative estimate of drug-likeness (QED) is 0.866. The molecule has 0 aliphatic heterocycles. The molecule has 8 heteroatoms. The molecule has 2 aromatic rings. The van der Waals surface area contributed by atoms with Crippen LogP contribution in [0.1, 0.15) is 26.5 Å². The van der Waals surface area contributed by atoms with Crippen LogP contribution in [0.25, 0.3) is 0 Å². The Morgan fingerprint density at radius 1 is 1.28 bits per heavy atom. The van der Waals surface area contributed by atoms with Crippen LogP contribution in [0.5, 0.6) is 0 Å². The zero-order chi connectivity index (χ0) is 18.6. The summed E-state index contributed by atoms with van der Waals surface area (Å²) in [5.74, 6) is -0.576. The van der Waals surface area contributed by atoms with Crippen molar-refractivity contribution in [2.45, 2.75) is 20.0 Å². The molecule has 1 N–H and O–H groups in total. The maximum absolute atomic E-state index is 12.3. The van der Waals surface area contributed by atoms with E-state index < -0.39 is 0 Å². The number of hydrogen-bond acceptors (Lipinski definition) is 5. The first-order valence-corrected chi connectivity index (χ1v) is 8.32. The van der Waals surface area contributed by atoms with Gasteiger partial charge in [0, 0.05) is 26.3 Å². The second kappa shape index (κ2) is 7.77. The van der Waals surface area contributed by atoms with Gasteiger partial charge >= 0.3 is 4.87 Å². The molecule has 0 spiro atoms. The van der Waals surface area contributed by atoms with Crippen LogP contribution < -0.4 is 10.2 Å². The zero-order valence-corrected chi connectivity index (χ0v) is 15.0. The number of nitrogens with one attached hydrogen (secondary N) is 1. The lowest BCUT2D eigenvalue weighted by Gasteiger charge is -2.11. The third-order valence-corrected chi connectivity index (χ3v) is 4.76. The molecule has 0 bridgehead atoms. The molecule has 130 valence electrons. The Balaban J connectivity index is 2.10. The molecule has 0 aliphatic carbocycles. The van der Waals surface area contributed by atoms with Crippen LogP contribution in [0.2, 0.25) is 0 Å². The monoisotopic (exact) mass is 358 g/mol. The molecule has 0 unspecified atom stereocenters. The largest absolute Gasteiger partial charge is 0.347 e. The van der Waals surface area contributed by atoms with E-state index in [0.717, 1.165) is 16.9 Å². The molecule has 0 atom stereocenters. The van der Waals surface area contributed by atoms with Crippen LogP contribution in [-0.2, 0) is 17.9 Å². The molecule has 2 amide bonds. The molecule has 0 saturated heterocycles. The van der Waals surface area contributed by atoms with Gasteiger partial charge in [-0.15, -0.1) is 0 Å². The molecule has 0 saturated carbocycles. The second-order valence-corrected chi connectivity index (χ2v) is 6.61. The standard InChI is InChI=1S/C17H18N4O3S/c1-11-15(25-17(24)21(11)10-14(22)20(2)3)16(23)19-9-13-6-4-12(8-18)5-7-13/h4-7H,9-10H2,1-3H3,(H,19,23). The molecule has 1 aromatic carbocycles. The van der Waals surface area contributed by atoms with Crippen LogP contribution >= 0.6 is 11.3 Å². The van der Waals surface area contributed by atoms with Gasteiger partial charge in [0.1, 0.15) is 11.4 Å². The summed E-state index contributed by atoms with van der Waals surface area (Å²) < 4.78 is 1.31. The van der Waals surface area contributed by atoms with Gasteiger partial charge in [-0.05, 0) is 24.6 Å². The Kier molecular flexibility index (Phi) is 5.72. The average molecular weight is 358 g/mol. The normalized spacial score (nSPS) is 10.2. The van der Waals surface area contributed by atoms with Gasteiger partial charge in [0.2, 0.25) is 5.91 Å². The number of carbonyl (C=O) groups excluding carboxylic acids is 2. The van der Waals surface area contributed by atoms with Gasteiger partial charge in [-0.3, -0.25) is 19.0 Å². The minimum atomic E-state index is -0.361.